The van der Waals surface area contributed by atoms with Gasteiger partial charge < -0.3 is 10.0 Å². The van der Waals surface area contributed by atoms with Gasteiger partial charge in [-0.25, -0.2) is 0 Å². The van der Waals surface area contributed by atoms with Gasteiger partial charge in [0.2, 0.25) is 5.91 Å². The molecular formula is C14H22N4O3. The fourth-order valence-electron chi connectivity index (χ4n) is 2.56. The van der Waals surface area contributed by atoms with E-state index in [1.165, 1.54) is 0 Å². The molecule has 0 radical (unpaired) electrons. The molecule has 0 saturated carbocycles. The molecule has 1 N–H and O–H groups in total. The molecule has 1 aromatic heterocycles. The predicted octanol–water partition coefficient (Wildman–Crippen LogP) is 0.410. The van der Waals surface area contributed by atoms with Gasteiger partial charge in [-0.05, 0) is 13.8 Å². The van der Waals surface area contributed by atoms with Gasteiger partial charge >= 0.3 is 5.97 Å². The number of amides is 1. The van der Waals surface area contributed by atoms with Crippen molar-refractivity contribution in [3.63, 3.8) is 0 Å². The van der Waals surface area contributed by atoms with Gasteiger partial charge in [0.15, 0.2) is 0 Å². The van der Waals surface area contributed by atoms with Crippen molar-refractivity contribution in [1.82, 2.24) is 19.6 Å². The fraction of sp³-hybridized carbons (Fsp3) is 0.643. The summed E-state index contributed by atoms with van der Waals surface area (Å²) in [7, 11) is 0. The van der Waals surface area contributed by atoms with Crippen LogP contribution >= 0.6 is 0 Å². The van der Waals surface area contributed by atoms with Gasteiger partial charge in [-0.3, -0.25) is 19.2 Å². The number of carboxylic acid groups (broad SMARTS) is 1. The summed E-state index contributed by atoms with van der Waals surface area (Å²) in [5.74, 6) is -0.663. The minimum Gasteiger partial charge on any atom is -0.481 e. The van der Waals surface area contributed by atoms with Gasteiger partial charge in [-0.1, -0.05) is 0 Å². The second-order valence-corrected chi connectivity index (χ2v) is 5.32. The monoisotopic (exact) mass is 294 g/mol. The van der Waals surface area contributed by atoms with Crippen LogP contribution in [0.4, 0.5) is 0 Å². The van der Waals surface area contributed by atoms with Crippen molar-refractivity contribution >= 4 is 11.9 Å². The molecule has 0 aliphatic carbocycles. The first-order valence-corrected chi connectivity index (χ1v) is 7.27. The van der Waals surface area contributed by atoms with E-state index in [1.54, 1.807) is 10.9 Å². The molecule has 116 valence electrons. The normalized spacial score (nSPS) is 20.0. The maximum Gasteiger partial charge on any atom is 0.305 e. The molecule has 1 aromatic rings. The third-order valence-electron chi connectivity index (χ3n) is 3.88. The fourth-order valence-corrected chi connectivity index (χ4v) is 2.56. The highest BCUT2D eigenvalue weighted by atomic mass is 16.4. The van der Waals surface area contributed by atoms with E-state index >= 15 is 0 Å². The zero-order chi connectivity index (χ0) is 15.4. The zero-order valence-corrected chi connectivity index (χ0v) is 12.5. The number of aromatic nitrogens is 2. The number of nitrogens with zero attached hydrogens (tertiary/aromatic N) is 4. The molecule has 1 aliphatic heterocycles. The van der Waals surface area contributed by atoms with Gasteiger partial charge in [0, 0.05) is 37.9 Å². The van der Waals surface area contributed by atoms with Crippen molar-refractivity contribution < 1.29 is 14.7 Å². The van der Waals surface area contributed by atoms with Crippen molar-refractivity contribution in [3.05, 3.63) is 18.0 Å². The lowest BCUT2D eigenvalue weighted by Crippen LogP contribution is -2.55. The molecule has 2 heterocycles. The number of aliphatic carboxylic acids is 1. The summed E-state index contributed by atoms with van der Waals surface area (Å²) in [6.45, 7) is 7.31. The molecule has 0 unspecified atom stereocenters. The van der Waals surface area contributed by atoms with Gasteiger partial charge in [0.05, 0.1) is 25.2 Å². The first kappa shape index (κ1) is 15.5. The molecule has 1 fully saturated rings. The minimum atomic E-state index is -0.832. The molecular weight excluding hydrogens is 272 g/mol. The summed E-state index contributed by atoms with van der Waals surface area (Å²) >= 11 is 0. The predicted molar refractivity (Wildman–Crippen MR) is 76.6 cm³/mol. The Balaban J connectivity index is 1.93. The lowest BCUT2D eigenvalue weighted by molar-refractivity contribution is -0.141. The second-order valence-electron chi connectivity index (χ2n) is 5.32. The molecule has 7 nitrogen and oxygen atoms in total. The van der Waals surface area contributed by atoms with E-state index in [4.69, 9.17) is 5.11 Å². The molecule has 0 spiro atoms. The summed E-state index contributed by atoms with van der Waals surface area (Å²) in [6.07, 6.45) is 3.66. The number of hydrogen-bond donors (Lipinski definition) is 1. The van der Waals surface area contributed by atoms with Crippen LogP contribution in [0.1, 0.15) is 25.8 Å². The molecule has 0 bridgehead atoms. The smallest absolute Gasteiger partial charge is 0.305 e. The van der Waals surface area contributed by atoms with Crippen LogP contribution in [0, 0.1) is 0 Å². The van der Waals surface area contributed by atoms with E-state index in [9.17, 15) is 9.59 Å². The summed E-state index contributed by atoms with van der Waals surface area (Å²) < 4.78 is 1.64. The summed E-state index contributed by atoms with van der Waals surface area (Å²) in [5.41, 5.74) is 1.00. The number of carboxylic acids is 1. The summed E-state index contributed by atoms with van der Waals surface area (Å²) in [6, 6.07) is -0.124. The third kappa shape index (κ3) is 3.81. The number of piperazine rings is 1. The standard InChI is InChI=1S/C14H22N4O3/c1-3-16-6-7-17(11(2)14(16)21)9-12-8-15-18(10-12)5-4-13(19)20/h8,10-11H,3-7,9H2,1-2H3,(H,19,20)/t11-/m1/s1. The van der Waals surface area contributed by atoms with Gasteiger partial charge in [0.25, 0.3) is 0 Å². The zero-order valence-electron chi connectivity index (χ0n) is 12.5. The number of carbonyl (C=O) groups excluding carboxylic acids is 1. The largest absolute Gasteiger partial charge is 0.481 e. The average Bonchev–Trinajstić information content (AvgIpc) is 2.90. The highest BCUT2D eigenvalue weighted by Crippen LogP contribution is 2.14. The van der Waals surface area contributed by atoms with Gasteiger partial charge in [0.1, 0.15) is 0 Å². The van der Waals surface area contributed by atoms with Crippen LogP contribution in [-0.2, 0) is 22.7 Å². The van der Waals surface area contributed by atoms with Crippen molar-refractivity contribution in [2.24, 2.45) is 0 Å². The number of aryl methyl sites for hydroxylation is 1. The SMILES string of the molecule is CCN1CCN(Cc2cnn(CCC(=O)O)c2)[C@H](C)C1=O. The molecule has 1 saturated heterocycles. The van der Waals surface area contributed by atoms with Gasteiger partial charge in [-0.15, -0.1) is 0 Å². The van der Waals surface area contributed by atoms with Crippen molar-refractivity contribution in [3.8, 4) is 0 Å². The Morgan fingerprint density at radius 1 is 1.48 bits per heavy atom. The van der Waals surface area contributed by atoms with Crippen LogP contribution in [0.3, 0.4) is 0 Å². The lowest BCUT2D eigenvalue weighted by Gasteiger charge is -2.38. The first-order chi connectivity index (χ1) is 10.0. The number of rotatable bonds is 6. The lowest BCUT2D eigenvalue weighted by atomic mass is 10.1. The van der Waals surface area contributed by atoms with E-state index < -0.39 is 5.97 Å². The Morgan fingerprint density at radius 2 is 2.24 bits per heavy atom. The molecule has 1 atom stereocenters. The highest BCUT2D eigenvalue weighted by Gasteiger charge is 2.30. The quantitative estimate of drug-likeness (QED) is 0.822. The molecule has 21 heavy (non-hydrogen) atoms. The Morgan fingerprint density at radius 3 is 2.90 bits per heavy atom. The Hall–Kier alpha value is -1.89. The summed E-state index contributed by atoms with van der Waals surface area (Å²) in [4.78, 5) is 26.7. The van der Waals surface area contributed by atoms with Crippen LogP contribution in [-0.4, -0.2) is 62.2 Å². The Bertz CT molecular complexity index is 514. The molecule has 1 amide bonds. The van der Waals surface area contributed by atoms with Crippen molar-refractivity contribution in [2.45, 2.75) is 39.4 Å². The Labute approximate surface area is 124 Å². The molecule has 2 rings (SSSR count). The van der Waals surface area contributed by atoms with Crippen LogP contribution in [0.2, 0.25) is 0 Å². The summed E-state index contributed by atoms with van der Waals surface area (Å²) in [5, 5.41) is 12.8. The number of likely N-dealkylation sites (N-methyl/N-ethyl adjacent to an activating group) is 1. The second kappa shape index (κ2) is 6.71. The maximum atomic E-state index is 12.1. The highest BCUT2D eigenvalue weighted by molar-refractivity contribution is 5.82. The first-order valence-electron chi connectivity index (χ1n) is 7.27. The van der Waals surface area contributed by atoms with E-state index in [2.05, 4.69) is 10.00 Å². The number of hydrogen-bond acceptors (Lipinski definition) is 4. The van der Waals surface area contributed by atoms with Crippen molar-refractivity contribution in [2.75, 3.05) is 19.6 Å². The molecule has 7 heteroatoms. The van der Waals surface area contributed by atoms with Crippen LogP contribution in [0.25, 0.3) is 0 Å². The van der Waals surface area contributed by atoms with Crippen LogP contribution in [0.15, 0.2) is 12.4 Å². The Kier molecular flexibility index (Phi) is 4.95. The van der Waals surface area contributed by atoms with E-state index in [0.717, 1.165) is 25.2 Å². The maximum absolute atomic E-state index is 12.1. The number of carbonyl (C=O) groups is 2. The topological polar surface area (TPSA) is 78.7 Å². The minimum absolute atomic E-state index is 0.0607. The van der Waals surface area contributed by atoms with Crippen LogP contribution < -0.4 is 0 Å². The molecule has 1 aliphatic rings. The van der Waals surface area contributed by atoms with Crippen LogP contribution in [0.5, 0.6) is 0 Å². The van der Waals surface area contributed by atoms with E-state index in [1.807, 2.05) is 24.9 Å². The van der Waals surface area contributed by atoms with E-state index in [0.29, 0.717) is 13.1 Å². The molecule has 0 aromatic carbocycles. The average molecular weight is 294 g/mol. The van der Waals surface area contributed by atoms with Crippen molar-refractivity contribution in [1.29, 1.82) is 0 Å². The van der Waals surface area contributed by atoms with E-state index in [-0.39, 0.29) is 18.4 Å². The third-order valence-corrected chi connectivity index (χ3v) is 3.88. The van der Waals surface area contributed by atoms with Gasteiger partial charge in [-0.2, -0.15) is 5.10 Å².